The average molecular weight is 503 g/mol. The van der Waals surface area contributed by atoms with Gasteiger partial charge in [0.05, 0.1) is 41.7 Å². The van der Waals surface area contributed by atoms with Gasteiger partial charge in [-0.15, -0.1) is 0 Å². The molecule has 0 aromatic carbocycles. The Balaban J connectivity index is 4.64. The van der Waals surface area contributed by atoms with E-state index in [1.807, 2.05) is 0 Å². The summed E-state index contributed by atoms with van der Waals surface area (Å²) in [5, 5.41) is 0. The van der Waals surface area contributed by atoms with E-state index >= 15 is 0 Å². The predicted octanol–water partition coefficient (Wildman–Crippen LogP) is 6.05. The molecule has 0 saturated heterocycles. The Morgan fingerprint density at radius 1 is 0.771 bits per heavy atom. The van der Waals surface area contributed by atoms with Crippen LogP contribution in [0.25, 0.3) is 0 Å². The lowest BCUT2D eigenvalue weighted by atomic mass is 9.90. The van der Waals surface area contributed by atoms with Crippen LogP contribution in [-0.4, -0.2) is 79.4 Å². The van der Waals surface area contributed by atoms with Crippen LogP contribution in [0, 0.1) is 5.92 Å². The number of nitrogens with two attached hydrogens (primary N) is 1. The molecule has 0 fully saturated rings. The molecule has 0 aromatic rings. The third-order valence-electron chi connectivity index (χ3n) is 6.74. The van der Waals surface area contributed by atoms with Gasteiger partial charge in [-0.3, -0.25) is 4.90 Å². The Morgan fingerprint density at radius 3 is 1.74 bits per heavy atom. The topological polar surface area (TPSA) is 66.2 Å². The van der Waals surface area contributed by atoms with Crippen molar-refractivity contribution >= 4 is 0 Å². The van der Waals surface area contributed by atoms with Gasteiger partial charge in [0.1, 0.15) is 0 Å². The molecule has 0 saturated carbocycles. The zero-order chi connectivity index (χ0) is 27.3. The highest BCUT2D eigenvalue weighted by atomic mass is 16.5. The van der Waals surface area contributed by atoms with Crippen molar-refractivity contribution in [2.45, 2.75) is 144 Å². The maximum atomic E-state index is 6.48. The Morgan fingerprint density at radius 2 is 1.29 bits per heavy atom. The molecular weight excluding hydrogens is 440 g/mol. The minimum atomic E-state index is -0.265. The number of nitrogens with zero attached hydrogens (tertiary/aromatic N) is 1. The summed E-state index contributed by atoms with van der Waals surface area (Å²) in [7, 11) is 0. The van der Waals surface area contributed by atoms with Gasteiger partial charge < -0.3 is 24.7 Å². The molecule has 0 aliphatic heterocycles. The van der Waals surface area contributed by atoms with Gasteiger partial charge in [-0.1, -0.05) is 20.3 Å². The van der Waals surface area contributed by atoms with Crippen LogP contribution < -0.4 is 5.73 Å². The quantitative estimate of drug-likeness (QED) is 0.206. The molecule has 0 spiro atoms. The van der Waals surface area contributed by atoms with Crippen molar-refractivity contribution in [1.29, 1.82) is 0 Å². The lowest BCUT2D eigenvalue weighted by Gasteiger charge is -2.36. The molecule has 6 heteroatoms. The normalized spacial score (nSPS) is 16.2. The van der Waals surface area contributed by atoms with Gasteiger partial charge in [0.25, 0.3) is 0 Å². The molecule has 35 heavy (non-hydrogen) atoms. The molecular formula is C29H62N2O4. The third-order valence-corrected chi connectivity index (χ3v) is 6.74. The molecule has 6 nitrogen and oxygen atoms in total. The van der Waals surface area contributed by atoms with Gasteiger partial charge in [0.15, 0.2) is 0 Å². The molecule has 3 unspecified atom stereocenters. The van der Waals surface area contributed by atoms with Gasteiger partial charge in [0, 0.05) is 32.8 Å². The minimum Gasteiger partial charge on any atom is -0.379 e. The first-order chi connectivity index (χ1) is 16.0. The van der Waals surface area contributed by atoms with Gasteiger partial charge in [-0.2, -0.15) is 0 Å². The standard InChI is InChI=1S/C29H62N2O4/c1-13-15-27(7,8)34-25(5)21-31(18-17-30)22-26(6)35-28(9,10)16-20-33-29(11,12)24(4)14-19-32-23(2)3/h23-26H,13-22,30H2,1-12H3. The van der Waals surface area contributed by atoms with E-state index in [0.29, 0.717) is 19.1 Å². The summed E-state index contributed by atoms with van der Waals surface area (Å²) in [6, 6.07) is 0. The SMILES string of the molecule is CCCC(C)(C)OC(C)CN(CCN)CC(C)OC(C)(C)CCOC(C)(C)C(C)CCOC(C)C. The van der Waals surface area contributed by atoms with Crippen LogP contribution in [0.2, 0.25) is 0 Å². The van der Waals surface area contributed by atoms with Crippen LogP contribution in [0.5, 0.6) is 0 Å². The van der Waals surface area contributed by atoms with E-state index < -0.39 is 0 Å². The fraction of sp³-hybridized carbons (Fsp3) is 1.00. The summed E-state index contributed by atoms with van der Waals surface area (Å²) in [6.07, 6.45) is 4.54. The fourth-order valence-electron chi connectivity index (χ4n) is 4.58. The Kier molecular flexibility index (Phi) is 16.5. The highest BCUT2D eigenvalue weighted by Crippen LogP contribution is 2.26. The Bertz CT molecular complexity index is 537. The van der Waals surface area contributed by atoms with Crippen molar-refractivity contribution in [2.75, 3.05) is 39.4 Å². The molecule has 0 radical (unpaired) electrons. The van der Waals surface area contributed by atoms with Gasteiger partial charge in [-0.25, -0.2) is 0 Å². The summed E-state index contributed by atoms with van der Waals surface area (Å²) in [6.45, 7) is 30.5. The second kappa shape index (κ2) is 16.6. The third kappa shape index (κ3) is 17.0. The number of hydrogen-bond acceptors (Lipinski definition) is 6. The summed E-state index contributed by atoms with van der Waals surface area (Å²) < 4.78 is 24.9. The second-order valence-corrected chi connectivity index (χ2v) is 12.5. The molecule has 0 aliphatic carbocycles. The minimum absolute atomic E-state index is 0.0903. The first-order valence-electron chi connectivity index (χ1n) is 14.1. The summed E-state index contributed by atoms with van der Waals surface area (Å²) >= 11 is 0. The van der Waals surface area contributed by atoms with E-state index in [0.717, 1.165) is 51.9 Å². The smallest absolute Gasteiger partial charge is 0.0681 e. The molecule has 0 aromatic heterocycles. The zero-order valence-electron chi connectivity index (χ0n) is 25.5. The number of ether oxygens (including phenoxy) is 4. The van der Waals surface area contributed by atoms with E-state index in [2.05, 4.69) is 88.0 Å². The highest BCUT2D eigenvalue weighted by molar-refractivity contribution is 4.79. The maximum Gasteiger partial charge on any atom is 0.0681 e. The molecule has 0 amide bonds. The molecule has 0 aliphatic rings. The molecule has 212 valence electrons. The van der Waals surface area contributed by atoms with E-state index in [1.54, 1.807) is 0 Å². The van der Waals surface area contributed by atoms with Crippen LogP contribution in [0.1, 0.15) is 109 Å². The summed E-state index contributed by atoms with van der Waals surface area (Å²) in [4.78, 5) is 2.37. The first kappa shape index (κ1) is 34.8. The summed E-state index contributed by atoms with van der Waals surface area (Å²) in [5.74, 6) is 0.417. The van der Waals surface area contributed by atoms with Crippen molar-refractivity contribution in [3.63, 3.8) is 0 Å². The lowest BCUT2D eigenvalue weighted by Crippen LogP contribution is -2.44. The first-order valence-corrected chi connectivity index (χ1v) is 14.1. The molecule has 0 bridgehead atoms. The van der Waals surface area contributed by atoms with Crippen LogP contribution in [0.3, 0.4) is 0 Å². The van der Waals surface area contributed by atoms with E-state index in [9.17, 15) is 0 Å². The summed E-state index contributed by atoms with van der Waals surface area (Å²) in [5.41, 5.74) is 5.36. The van der Waals surface area contributed by atoms with Crippen molar-refractivity contribution < 1.29 is 18.9 Å². The van der Waals surface area contributed by atoms with Crippen molar-refractivity contribution in [3.8, 4) is 0 Å². The number of rotatable bonds is 21. The molecule has 2 N–H and O–H groups in total. The van der Waals surface area contributed by atoms with E-state index in [1.165, 1.54) is 0 Å². The highest BCUT2D eigenvalue weighted by Gasteiger charge is 2.29. The molecule has 0 heterocycles. The fourth-order valence-corrected chi connectivity index (χ4v) is 4.58. The Hall–Kier alpha value is -0.240. The monoisotopic (exact) mass is 502 g/mol. The van der Waals surface area contributed by atoms with Gasteiger partial charge in [0.2, 0.25) is 0 Å². The van der Waals surface area contributed by atoms with Gasteiger partial charge >= 0.3 is 0 Å². The predicted molar refractivity (Wildman–Crippen MR) is 149 cm³/mol. The maximum absolute atomic E-state index is 6.48. The van der Waals surface area contributed by atoms with Crippen molar-refractivity contribution in [2.24, 2.45) is 11.7 Å². The molecule has 0 rings (SSSR count). The van der Waals surface area contributed by atoms with E-state index in [-0.39, 0.29) is 35.1 Å². The zero-order valence-corrected chi connectivity index (χ0v) is 25.5. The van der Waals surface area contributed by atoms with Crippen LogP contribution in [-0.2, 0) is 18.9 Å². The van der Waals surface area contributed by atoms with Crippen LogP contribution >= 0.6 is 0 Å². The molecule has 3 atom stereocenters. The van der Waals surface area contributed by atoms with Crippen molar-refractivity contribution in [3.05, 3.63) is 0 Å². The lowest BCUT2D eigenvalue weighted by molar-refractivity contribution is -0.118. The largest absolute Gasteiger partial charge is 0.379 e. The van der Waals surface area contributed by atoms with Crippen molar-refractivity contribution in [1.82, 2.24) is 4.90 Å². The van der Waals surface area contributed by atoms with E-state index in [4.69, 9.17) is 24.7 Å². The van der Waals surface area contributed by atoms with Crippen LogP contribution in [0.15, 0.2) is 0 Å². The Labute approximate surface area is 219 Å². The number of hydrogen-bond donors (Lipinski definition) is 1. The van der Waals surface area contributed by atoms with Crippen LogP contribution in [0.4, 0.5) is 0 Å². The average Bonchev–Trinajstić information content (AvgIpc) is 2.65. The second-order valence-electron chi connectivity index (χ2n) is 12.5. The van der Waals surface area contributed by atoms with Gasteiger partial charge in [-0.05, 0) is 94.4 Å².